The molecule has 1 aromatic carbocycles. The first kappa shape index (κ1) is 10.6. The van der Waals surface area contributed by atoms with Crippen LogP contribution in [-0.4, -0.2) is 0 Å². The summed E-state index contributed by atoms with van der Waals surface area (Å²) in [5.74, 6) is 0.590. The maximum atomic E-state index is 6.15. The van der Waals surface area contributed by atoms with Gasteiger partial charge in [-0.25, -0.2) is 0 Å². The van der Waals surface area contributed by atoms with E-state index in [4.69, 9.17) is 11.6 Å². The van der Waals surface area contributed by atoms with Crippen molar-refractivity contribution in [2.75, 3.05) is 0 Å². The van der Waals surface area contributed by atoms with Gasteiger partial charge in [-0.2, -0.15) is 0 Å². The van der Waals surface area contributed by atoms with Crippen LogP contribution in [0.4, 0.5) is 0 Å². The van der Waals surface area contributed by atoms with E-state index in [1.165, 1.54) is 5.56 Å². The minimum atomic E-state index is 0.151. The largest absolute Gasteiger partial charge is 0.0840 e. The van der Waals surface area contributed by atoms with Crippen molar-refractivity contribution in [2.24, 2.45) is 5.92 Å². The third-order valence-corrected chi connectivity index (χ3v) is 3.34. The molecule has 0 aromatic heterocycles. The summed E-state index contributed by atoms with van der Waals surface area (Å²) >= 11 is 6.15. The Hall–Kier alpha value is -0.490. The van der Waals surface area contributed by atoms with E-state index in [1.54, 1.807) is 0 Å². The molecule has 0 aliphatic carbocycles. The molecule has 0 saturated heterocycles. The standard InChI is InChI=1S/C12H17Cl/c1-9(2)12(3,4)10-7-5-6-8-11(10)13/h5-9H,1-4H3. The lowest BCUT2D eigenvalue weighted by Crippen LogP contribution is -2.24. The summed E-state index contributed by atoms with van der Waals surface area (Å²) < 4.78 is 0. The molecule has 0 amide bonds. The summed E-state index contributed by atoms with van der Waals surface area (Å²) in [6, 6.07) is 8.09. The molecular weight excluding hydrogens is 180 g/mol. The van der Waals surface area contributed by atoms with Crippen LogP contribution < -0.4 is 0 Å². The fourth-order valence-corrected chi connectivity index (χ4v) is 1.67. The van der Waals surface area contributed by atoms with E-state index < -0.39 is 0 Å². The van der Waals surface area contributed by atoms with Crippen molar-refractivity contribution in [1.82, 2.24) is 0 Å². The van der Waals surface area contributed by atoms with Crippen LogP contribution >= 0.6 is 11.6 Å². The zero-order valence-electron chi connectivity index (χ0n) is 8.76. The van der Waals surface area contributed by atoms with E-state index in [1.807, 2.05) is 18.2 Å². The van der Waals surface area contributed by atoms with Gasteiger partial charge in [-0.05, 0) is 23.0 Å². The lowest BCUT2D eigenvalue weighted by atomic mass is 9.75. The van der Waals surface area contributed by atoms with Crippen molar-refractivity contribution in [3.8, 4) is 0 Å². The summed E-state index contributed by atoms with van der Waals surface area (Å²) in [5, 5.41) is 0.876. The van der Waals surface area contributed by atoms with Crippen LogP contribution in [0.25, 0.3) is 0 Å². The van der Waals surface area contributed by atoms with Crippen LogP contribution in [0.15, 0.2) is 24.3 Å². The molecule has 0 fully saturated rings. The maximum absolute atomic E-state index is 6.15. The molecule has 0 saturated carbocycles. The highest BCUT2D eigenvalue weighted by Gasteiger charge is 2.26. The van der Waals surface area contributed by atoms with Gasteiger partial charge in [0.15, 0.2) is 0 Å². The van der Waals surface area contributed by atoms with Gasteiger partial charge in [0.25, 0.3) is 0 Å². The second-order valence-electron chi connectivity index (χ2n) is 4.36. The number of halogens is 1. The predicted molar refractivity (Wildman–Crippen MR) is 59.3 cm³/mol. The first-order chi connectivity index (χ1) is 5.96. The molecule has 0 radical (unpaired) electrons. The van der Waals surface area contributed by atoms with Crippen LogP contribution in [0.5, 0.6) is 0 Å². The van der Waals surface area contributed by atoms with Gasteiger partial charge in [0.2, 0.25) is 0 Å². The van der Waals surface area contributed by atoms with E-state index >= 15 is 0 Å². The topological polar surface area (TPSA) is 0 Å². The molecule has 1 rings (SSSR count). The first-order valence-electron chi connectivity index (χ1n) is 4.71. The second-order valence-corrected chi connectivity index (χ2v) is 4.76. The molecule has 0 nitrogen and oxygen atoms in total. The molecule has 1 heteroatoms. The van der Waals surface area contributed by atoms with E-state index in [9.17, 15) is 0 Å². The van der Waals surface area contributed by atoms with Gasteiger partial charge in [0.1, 0.15) is 0 Å². The Morgan fingerprint density at radius 1 is 1.15 bits per heavy atom. The molecule has 13 heavy (non-hydrogen) atoms. The van der Waals surface area contributed by atoms with Crippen molar-refractivity contribution in [2.45, 2.75) is 33.1 Å². The molecule has 0 N–H and O–H groups in total. The SMILES string of the molecule is CC(C)C(C)(C)c1ccccc1Cl. The number of benzene rings is 1. The Morgan fingerprint density at radius 2 is 1.69 bits per heavy atom. The fraction of sp³-hybridized carbons (Fsp3) is 0.500. The van der Waals surface area contributed by atoms with Crippen LogP contribution in [-0.2, 0) is 5.41 Å². The fourth-order valence-electron chi connectivity index (χ4n) is 1.29. The average molecular weight is 197 g/mol. The molecule has 0 aliphatic heterocycles. The molecular formula is C12H17Cl. The van der Waals surface area contributed by atoms with Crippen LogP contribution in [0.1, 0.15) is 33.3 Å². The number of hydrogen-bond acceptors (Lipinski definition) is 0. The highest BCUT2D eigenvalue weighted by Crippen LogP contribution is 2.35. The summed E-state index contributed by atoms with van der Waals surface area (Å²) in [6.45, 7) is 8.92. The maximum Gasteiger partial charge on any atom is 0.0443 e. The smallest absolute Gasteiger partial charge is 0.0443 e. The van der Waals surface area contributed by atoms with E-state index in [-0.39, 0.29) is 5.41 Å². The van der Waals surface area contributed by atoms with Gasteiger partial charge >= 0.3 is 0 Å². The molecule has 0 unspecified atom stereocenters. The second kappa shape index (κ2) is 3.71. The molecule has 1 aromatic rings. The number of rotatable bonds is 2. The molecule has 0 atom stereocenters. The quantitative estimate of drug-likeness (QED) is 0.663. The van der Waals surface area contributed by atoms with Gasteiger partial charge in [0.05, 0.1) is 0 Å². The van der Waals surface area contributed by atoms with Crippen LogP contribution in [0.2, 0.25) is 5.02 Å². The normalized spacial score (nSPS) is 12.2. The Balaban J connectivity index is 3.14. The molecule has 0 spiro atoms. The van der Waals surface area contributed by atoms with E-state index in [2.05, 4.69) is 33.8 Å². The monoisotopic (exact) mass is 196 g/mol. The van der Waals surface area contributed by atoms with E-state index in [0.29, 0.717) is 5.92 Å². The highest BCUT2D eigenvalue weighted by atomic mass is 35.5. The van der Waals surface area contributed by atoms with Gasteiger partial charge in [-0.15, -0.1) is 0 Å². The van der Waals surface area contributed by atoms with E-state index in [0.717, 1.165) is 5.02 Å². The van der Waals surface area contributed by atoms with Crippen molar-refractivity contribution in [1.29, 1.82) is 0 Å². The lowest BCUT2D eigenvalue weighted by molar-refractivity contribution is 0.372. The molecule has 72 valence electrons. The van der Waals surface area contributed by atoms with Gasteiger partial charge < -0.3 is 0 Å². The zero-order chi connectivity index (χ0) is 10.1. The first-order valence-corrected chi connectivity index (χ1v) is 5.09. The van der Waals surface area contributed by atoms with Crippen molar-refractivity contribution in [3.05, 3.63) is 34.9 Å². The van der Waals surface area contributed by atoms with Crippen molar-refractivity contribution < 1.29 is 0 Å². The summed E-state index contributed by atoms with van der Waals surface area (Å²) in [7, 11) is 0. The summed E-state index contributed by atoms with van der Waals surface area (Å²) in [6.07, 6.45) is 0. The van der Waals surface area contributed by atoms with Crippen molar-refractivity contribution >= 4 is 11.6 Å². The van der Waals surface area contributed by atoms with Crippen molar-refractivity contribution in [3.63, 3.8) is 0 Å². The minimum Gasteiger partial charge on any atom is -0.0840 e. The number of hydrogen-bond donors (Lipinski definition) is 0. The predicted octanol–water partition coefficient (Wildman–Crippen LogP) is 4.27. The molecule has 0 heterocycles. The van der Waals surface area contributed by atoms with Crippen LogP contribution in [0, 0.1) is 5.92 Å². The Labute approximate surface area is 85.9 Å². The molecule has 0 bridgehead atoms. The van der Waals surface area contributed by atoms with Gasteiger partial charge in [-0.1, -0.05) is 57.5 Å². The average Bonchev–Trinajstić information content (AvgIpc) is 2.04. The zero-order valence-corrected chi connectivity index (χ0v) is 9.52. The van der Waals surface area contributed by atoms with Crippen LogP contribution in [0.3, 0.4) is 0 Å². The Morgan fingerprint density at radius 3 is 2.15 bits per heavy atom. The summed E-state index contributed by atoms with van der Waals surface area (Å²) in [4.78, 5) is 0. The lowest BCUT2D eigenvalue weighted by Gasteiger charge is -2.30. The minimum absolute atomic E-state index is 0.151. The Bertz CT molecular complexity index is 287. The summed E-state index contributed by atoms with van der Waals surface area (Å²) in [5.41, 5.74) is 1.39. The third-order valence-electron chi connectivity index (χ3n) is 3.01. The molecule has 0 aliphatic rings. The Kier molecular flexibility index (Phi) is 3.02. The van der Waals surface area contributed by atoms with Gasteiger partial charge in [-0.3, -0.25) is 0 Å². The highest BCUT2D eigenvalue weighted by molar-refractivity contribution is 6.31. The van der Waals surface area contributed by atoms with Gasteiger partial charge in [0, 0.05) is 5.02 Å². The third kappa shape index (κ3) is 2.05.